The molecule has 4 unspecified atom stereocenters. The highest BCUT2D eigenvalue weighted by Crippen LogP contribution is 2.40. The molecule has 4 aromatic rings. The summed E-state index contributed by atoms with van der Waals surface area (Å²) in [4.78, 5) is 72.0. The van der Waals surface area contributed by atoms with E-state index in [1.54, 1.807) is 22.2 Å². The number of nitrogens with zero attached hydrogens (tertiary/aromatic N) is 4. The summed E-state index contributed by atoms with van der Waals surface area (Å²) in [5.74, 6) is 1.92. The molecule has 0 spiro atoms. The fraction of sp³-hybridized carbons (Fsp3) is 0.542. The number of aromatic amines is 2. The molecule has 4 N–H and O–H groups in total. The molecule has 18 nitrogen and oxygen atoms in total. The number of amides is 4. The molecule has 3 aliphatic heterocycles. The second-order valence-electron chi connectivity index (χ2n) is 17.5. The van der Waals surface area contributed by atoms with Crippen LogP contribution in [-0.4, -0.2) is 133 Å². The molecule has 0 radical (unpaired) electrons. The maximum Gasteiger partial charge on any atom is 0.407 e. The Morgan fingerprint density at radius 3 is 1.44 bits per heavy atom. The minimum Gasteiger partial charge on any atom is -0.490 e. The zero-order chi connectivity index (χ0) is 46.7. The van der Waals surface area contributed by atoms with Crippen molar-refractivity contribution < 1.29 is 47.6 Å². The molecule has 0 aliphatic carbocycles. The number of alkyl carbamates (subject to hydrolysis) is 2. The van der Waals surface area contributed by atoms with E-state index in [2.05, 4.69) is 20.6 Å². The largest absolute Gasteiger partial charge is 0.490 e. The smallest absolute Gasteiger partial charge is 0.407 e. The van der Waals surface area contributed by atoms with Crippen LogP contribution in [0.5, 0.6) is 11.5 Å². The van der Waals surface area contributed by atoms with Crippen molar-refractivity contribution in [3.8, 4) is 45.1 Å². The van der Waals surface area contributed by atoms with Gasteiger partial charge in [0.15, 0.2) is 0 Å². The highest BCUT2D eigenvalue weighted by Gasteiger charge is 2.39. The Bertz CT molecular complexity index is 2140. The van der Waals surface area contributed by atoms with Gasteiger partial charge in [-0.2, -0.15) is 0 Å². The van der Waals surface area contributed by atoms with Crippen LogP contribution in [0, 0.1) is 11.8 Å². The molecule has 66 heavy (non-hydrogen) atoms. The van der Waals surface area contributed by atoms with Crippen molar-refractivity contribution in [2.24, 2.45) is 11.8 Å². The minimum absolute atomic E-state index is 0.148. The van der Waals surface area contributed by atoms with Crippen molar-refractivity contribution in [1.82, 2.24) is 40.4 Å². The summed E-state index contributed by atoms with van der Waals surface area (Å²) in [6.45, 7) is 11.3. The molecule has 2 aromatic heterocycles. The van der Waals surface area contributed by atoms with Crippen LogP contribution in [0.25, 0.3) is 33.6 Å². The second-order valence-corrected chi connectivity index (χ2v) is 17.5. The van der Waals surface area contributed by atoms with Gasteiger partial charge in [0.25, 0.3) is 0 Å². The maximum absolute atomic E-state index is 13.8. The van der Waals surface area contributed by atoms with Crippen LogP contribution in [0.15, 0.2) is 48.8 Å². The van der Waals surface area contributed by atoms with Gasteiger partial charge in [0.1, 0.15) is 48.4 Å². The Kier molecular flexibility index (Phi) is 16.2. The van der Waals surface area contributed by atoms with Gasteiger partial charge in [0.2, 0.25) is 11.8 Å². The lowest BCUT2D eigenvalue weighted by molar-refractivity contribution is -0.136. The predicted octanol–water partition coefficient (Wildman–Crippen LogP) is 6.81. The lowest BCUT2D eigenvalue weighted by Crippen LogP contribution is -2.51. The van der Waals surface area contributed by atoms with Crippen LogP contribution in [0.1, 0.15) is 90.0 Å². The number of likely N-dealkylation sites (tertiary alicyclic amines) is 2. The standard InChI is InChI=1S/C48H64N8O10/c1-29(2)41(53-47(59)61-5)45(57)55-17-9-11-37(55)43-49-27-35(51-43)33-15-13-31-25-39(33)65-23-21-63-19-7-8-20-64-22-24-66-40-26-32(31)14-16-34(40)36-28-50-44(52-36)38-12-10-18-56(38)46(58)42(30(3)4)54-48(60)62-6/h13-16,25-30,37-38,41-42H,7-12,17-24H2,1-6H3,(H,49,51)(H,50,52)(H,53,59)(H,54,60). The first-order valence-electron chi connectivity index (χ1n) is 23.1. The zero-order valence-corrected chi connectivity index (χ0v) is 38.9. The van der Waals surface area contributed by atoms with E-state index in [-0.39, 0.29) is 35.7 Å². The maximum atomic E-state index is 13.8. The number of hydrogen-bond donors (Lipinski definition) is 4. The van der Waals surface area contributed by atoms with Gasteiger partial charge >= 0.3 is 12.2 Å². The van der Waals surface area contributed by atoms with E-state index in [0.717, 1.165) is 72.2 Å². The topological polar surface area (TPSA) is 212 Å². The molecular weight excluding hydrogens is 849 g/mol. The van der Waals surface area contributed by atoms with E-state index < -0.39 is 24.3 Å². The van der Waals surface area contributed by atoms with Gasteiger partial charge in [0, 0.05) is 37.4 Å². The molecule has 18 heteroatoms. The van der Waals surface area contributed by atoms with Crippen LogP contribution in [0.3, 0.4) is 0 Å². The van der Waals surface area contributed by atoms with Crippen molar-refractivity contribution in [2.45, 2.75) is 90.4 Å². The van der Waals surface area contributed by atoms with E-state index in [1.165, 1.54) is 14.2 Å². The summed E-state index contributed by atoms with van der Waals surface area (Å²) < 4.78 is 34.3. The zero-order valence-electron chi connectivity index (χ0n) is 38.9. The third kappa shape index (κ3) is 11.3. The summed E-state index contributed by atoms with van der Waals surface area (Å²) in [5.41, 5.74) is 4.84. The Balaban J connectivity index is 1.17. The Labute approximate surface area is 385 Å². The third-order valence-corrected chi connectivity index (χ3v) is 12.4. The van der Waals surface area contributed by atoms with E-state index in [0.29, 0.717) is 75.9 Å². The van der Waals surface area contributed by atoms with Crippen LogP contribution in [0.4, 0.5) is 9.59 Å². The molecule has 2 fully saturated rings. The van der Waals surface area contributed by atoms with E-state index in [4.69, 9.17) is 38.4 Å². The molecular formula is C48H64N8O10. The minimum atomic E-state index is -0.739. The number of aromatic nitrogens is 4. The first-order valence-corrected chi connectivity index (χ1v) is 23.1. The first-order chi connectivity index (χ1) is 32.0. The predicted molar refractivity (Wildman–Crippen MR) is 245 cm³/mol. The van der Waals surface area contributed by atoms with Gasteiger partial charge in [-0.25, -0.2) is 19.6 Å². The van der Waals surface area contributed by atoms with E-state index >= 15 is 0 Å². The first kappa shape index (κ1) is 47.8. The van der Waals surface area contributed by atoms with E-state index in [9.17, 15) is 19.2 Å². The lowest BCUT2D eigenvalue weighted by Gasteiger charge is -2.30. The van der Waals surface area contributed by atoms with E-state index in [1.807, 2.05) is 64.1 Å². The van der Waals surface area contributed by atoms with Crippen molar-refractivity contribution in [3.63, 3.8) is 0 Å². The van der Waals surface area contributed by atoms with Crippen LogP contribution in [0.2, 0.25) is 0 Å². The van der Waals surface area contributed by atoms with Gasteiger partial charge < -0.3 is 58.8 Å². The number of rotatable bonds is 10. The van der Waals surface area contributed by atoms with Crippen LogP contribution in [-0.2, 0) is 28.5 Å². The number of imidazole rings is 2. The average molecular weight is 913 g/mol. The average Bonchev–Trinajstić information content (AvgIpc) is 4.17. The normalized spacial score (nSPS) is 19.3. The highest BCUT2D eigenvalue weighted by molar-refractivity contribution is 5.87. The molecule has 3 aliphatic rings. The number of benzene rings is 2. The Hall–Kier alpha value is -6.14. The monoisotopic (exact) mass is 912 g/mol. The number of H-pyrrole nitrogens is 2. The fourth-order valence-electron chi connectivity index (χ4n) is 8.79. The molecule has 2 aromatic carbocycles. The van der Waals surface area contributed by atoms with Gasteiger partial charge in [-0.3, -0.25) is 9.59 Å². The summed E-state index contributed by atoms with van der Waals surface area (Å²) in [5, 5.41) is 5.42. The molecule has 4 amide bonds. The number of carbonyl (C=O) groups excluding carboxylic acids is 4. The van der Waals surface area contributed by atoms with Gasteiger partial charge in [-0.1, -0.05) is 39.8 Å². The molecule has 2 saturated heterocycles. The highest BCUT2D eigenvalue weighted by atomic mass is 16.5. The SMILES string of the molecule is COC(=O)NC(C(=O)N1CCCC1c1ncc(-c2ccc3cc2OCCOCCCCOCCOc2cc-3ccc2-c2cnc(C3CCCN3C(=O)C(NC(=O)OC)C(C)C)[nH]2)[nH]1)C(C)C. The number of ether oxygens (including phenoxy) is 6. The summed E-state index contributed by atoms with van der Waals surface area (Å²) >= 11 is 0. The summed E-state index contributed by atoms with van der Waals surface area (Å²) in [6.07, 6.45) is 6.97. The molecule has 0 saturated carbocycles. The third-order valence-electron chi connectivity index (χ3n) is 12.4. The Morgan fingerprint density at radius 1 is 0.621 bits per heavy atom. The fourth-order valence-corrected chi connectivity index (χ4v) is 8.79. The molecule has 7 rings (SSSR count). The number of methoxy groups -OCH3 is 2. The summed E-state index contributed by atoms with van der Waals surface area (Å²) in [7, 11) is 2.57. The number of fused-ring (bicyclic) bond motifs is 5. The van der Waals surface area contributed by atoms with Crippen molar-refractivity contribution in [3.05, 3.63) is 60.4 Å². The van der Waals surface area contributed by atoms with Crippen molar-refractivity contribution >= 4 is 24.0 Å². The second kappa shape index (κ2) is 22.4. The van der Waals surface area contributed by atoms with Crippen LogP contribution >= 0.6 is 0 Å². The van der Waals surface area contributed by atoms with Gasteiger partial charge in [0.05, 0.1) is 63.3 Å². The molecule has 4 atom stereocenters. The van der Waals surface area contributed by atoms with Gasteiger partial charge in [-0.15, -0.1) is 0 Å². The Morgan fingerprint density at radius 2 is 1.05 bits per heavy atom. The number of nitrogens with one attached hydrogen (secondary N) is 4. The molecule has 4 bridgehead atoms. The quantitative estimate of drug-likeness (QED) is 0.129. The van der Waals surface area contributed by atoms with Crippen molar-refractivity contribution in [2.75, 3.05) is 67.0 Å². The van der Waals surface area contributed by atoms with Crippen molar-refractivity contribution in [1.29, 1.82) is 0 Å². The van der Waals surface area contributed by atoms with Gasteiger partial charge in [-0.05, 0) is 85.8 Å². The molecule has 5 heterocycles. The summed E-state index contributed by atoms with van der Waals surface area (Å²) in [6, 6.07) is 9.97. The molecule has 356 valence electrons. The number of hydrogen-bond acceptors (Lipinski definition) is 12. The number of carbonyl (C=O) groups is 4. The lowest BCUT2D eigenvalue weighted by atomic mass is 9.99. The van der Waals surface area contributed by atoms with Crippen LogP contribution < -0.4 is 20.1 Å².